The summed E-state index contributed by atoms with van der Waals surface area (Å²) >= 11 is 8.91. The number of carbonyl (C=O) groups is 1. The molecule has 0 bridgehead atoms. The predicted octanol–water partition coefficient (Wildman–Crippen LogP) is 3.04. The number of hydrogen-bond acceptors (Lipinski definition) is 2. The molecule has 2 nitrogen and oxygen atoms in total. The minimum Gasteiger partial charge on any atom is -0.469 e. The van der Waals surface area contributed by atoms with E-state index in [4.69, 9.17) is 11.6 Å². The van der Waals surface area contributed by atoms with Crippen LogP contribution in [0.5, 0.6) is 0 Å². The molecule has 0 fully saturated rings. The summed E-state index contributed by atoms with van der Waals surface area (Å²) in [6, 6.07) is 2.62. The van der Waals surface area contributed by atoms with Crippen molar-refractivity contribution < 1.29 is 13.9 Å². The van der Waals surface area contributed by atoms with E-state index in [1.54, 1.807) is 0 Å². The van der Waals surface area contributed by atoms with Crippen molar-refractivity contribution in [1.82, 2.24) is 0 Å². The van der Waals surface area contributed by atoms with Gasteiger partial charge in [-0.3, -0.25) is 4.79 Å². The summed E-state index contributed by atoms with van der Waals surface area (Å²) in [5.74, 6) is -0.637. The highest BCUT2D eigenvalue weighted by molar-refractivity contribution is 9.10. The molecule has 0 saturated heterocycles. The van der Waals surface area contributed by atoms with E-state index in [0.717, 1.165) is 0 Å². The number of halogens is 3. The van der Waals surface area contributed by atoms with Crippen LogP contribution in [-0.4, -0.2) is 13.1 Å². The van der Waals surface area contributed by atoms with Gasteiger partial charge in [0.1, 0.15) is 5.82 Å². The highest BCUT2D eigenvalue weighted by Crippen LogP contribution is 2.25. The molecule has 0 aliphatic rings. The van der Waals surface area contributed by atoms with Gasteiger partial charge in [0.25, 0.3) is 0 Å². The average molecular weight is 296 g/mol. The van der Waals surface area contributed by atoms with Gasteiger partial charge in [0, 0.05) is 10.4 Å². The second-order valence-electron chi connectivity index (χ2n) is 2.92. The minimum atomic E-state index is -0.415. The second-order valence-corrected chi connectivity index (χ2v) is 3.98. The van der Waals surface area contributed by atoms with Crippen LogP contribution in [0.15, 0.2) is 16.6 Å². The molecule has 82 valence electrons. The van der Waals surface area contributed by atoms with Crippen molar-refractivity contribution in [1.29, 1.82) is 0 Å². The molecule has 1 aromatic rings. The molecule has 15 heavy (non-hydrogen) atoms. The van der Waals surface area contributed by atoms with Crippen molar-refractivity contribution in [2.75, 3.05) is 7.11 Å². The lowest BCUT2D eigenvalue weighted by molar-refractivity contribution is -0.139. The van der Waals surface area contributed by atoms with Gasteiger partial charge in [-0.05, 0) is 23.3 Å². The molecular weight excluding hydrogens is 286 g/mol. The number of rotatable bonds is 3. The lowest BCUT2D eigenvalue weighted by atomic mass is 10.1. The summed E-state index contributed by atoms with van der Waals surface area (Å²) in [4.78, 5) is 11.0. The Morgan fingerprint density at radius 1 is 1.53 bits per heavy atom. The largest absolute Gasteiger partial charge is 0.469 e. The fourth-order valence-electron chi connectivity index (χ4n) is 1.16. The summed E-state index contributed by atoms with van der Waals surface area (Å²) in [6.07, 6.45) is 0.0265. The van der Waals surface area contributed by atoms with Gasteiger partial charge in [-0.25, -0.2) is 4.39 Å². The topological polar surface area (TPSA) is 26.3 Å². The lowest BCUT2D eigenvalue weighted by Gasteiger charge is -2.07. The summed E-state index contributed by atoms with van der Waals surface area (Å²) in [5.41, 5.74) is 1.16. The molecule has 0 N–H and O–H groups in total. The highest BCUT2D eigenvalue weighted by Gasteiger charge is 2.11. The first kappa shape index (κ1) is 12.5. The molecule has 0 radical (unpaired) electrons. The molecule has 0 heterocycles. The molecule has 0 aliphatic carbocycles. The Morgan fingerprint density at radius 2 is 2.13 bits per heavy atom. The van der Waals surface area contributed by atoms with Crippen LogP contribution in [-0.2, 0) is 21.8 Å². The first-order valence-electron chi connectivity index (χ1n) is 4.18. The number of ether oxygens (including phenoxy) is 1. The maximum Gasteiger partial charge on any atom is 0.310 e. The van der Waals surface area contributed by atoms with Crippen molar-refractivity contribution in [3.63, 3.8) is 0 Å². The van der Waals surface area contributed by atoms with Gasteiger partial charge in [0.2, 0.25) is 0 Å². The normalized spacial score (nSPS) is 10.1. The molecule has 1 aromatic carbocycles. The molecule has 1 rings (SSSR count). The smallest absolute Gasteiger partial charge is 0.310 e. The van der Waals surface area contributed by atoms with Gasteiger partial charge in [0.05, 0.1) is 13.5 Å². The number of benzene rings is 1. The SMILES string of the molecule is COC(=O)Cc1cc(F)cc(CCl)c1Br. The Morgan fingerprint density at radius 3 is 2.67 bits per heavy atom. The Kier molecular flexibility index (Phi) is 4.54. The van der Waals surface area contributed by atoms with Gasteiger partial charge < -0.3 is 4.74 Å². The highest BCUT2D eigenvalue weighted by atomic mass is 79.9. The quantitative estimate of drug-likeness (QED) is 0.633. The molecule has 0 aliphatic heterocycles. The van der Waals surface area contributed by atoms with Gasteiger partial charge in [-0.1, -0.05) is 15.9 Å². The van der Waals surface area contributed by atoms with Crippen molar-refractivity contribution in [2.45, 2.75) is 12.3 Å². The first-order valence-corrected chi connectivity index (χ1v) is 5.50. The van der Waals surface area contributed by atoms with Crippen LogP contribution in [0.2, 0.25) is 0 Å². The zero-order valence-electron chi connectivity index (χ0n) is 8.02. The van der Waals surface area contributed by atoms with Gasteiger partial charge in [-0.15, -0.1) is 11.6 Å². The van der Waals surface area contributed by atoms with E-state index in [9.17, 15) is 9.18 Å². The third-order valence-corrected chi connectivity index (χ3v) is 3.20. The van der Waals surface area contributed by atoms with E-state index in [1.165, 1.54) is 19.2 Å². The van der Waals surface area contributed by atoms with Crippen LogP contribution >= 0.6 is 27.5 Å². The van der Waals surface area contributed by atoms with E-state index >= 15 is 0 Å². The predicted molar refractivity (Wildman–Crippen MR) is 59.4 cm³/mol. The van der Waals surface area contributed by atoms with Crippen LogP contribution in [0.25, 0.3) is 0 Å². The van der Waals surface area contributed by atoms with E-state index in [-0.39, 0.29) is 12.3 Å². The average Bonchev–Trinajstić information content (AvgIpc) is 2.22. The van der Waals surface area contributed by atoms with Crippen LogP contribution in [0.3, 0.4) is 0 Å². The molecule has 0 aromatic heterocycles. The Labute approximate surface area is 101 Å². The summed E-state index contributed by atoms with van der Waals surface area (Å²) < 4.78 is 18.3. The zero-order chi connectivity index (χ0) is 11.4. The third-order valence-electron chi connectivity index (χ3n) is 1.89. The number of hydrogen-bond donors (Lipinski definition) is 0. The summed E-state index contributed by atoms with van der Waals surface area (Å²) in [6.45, 7) is 0. The lowest BCUT2D eigenvalue weighted by Crippen LogP contribution is -2.06. The molecule has 5 heteroatoms. The van der Waals surface area contributed by atoms with Crippen LogP contribution in [0.4, 0.5) is 4.39 Å². The van der Waals surface area contributed by atoms with Crippen molar-refractivity contribution in [3.05, 3.63) is 33.5 Å². The van der Waals surface area contributed by atoms with Gasteiger partial charge in [-0.2, -0.15) is 0 Å². The van der Waals surface area contributed by atoms with E-state index in [1.807, 2.05) is 0 Å². The Bertz CT molecular complexity index is 382. The maximum atomic E-state index is 13.1. The van der Waals surface area contributed by atoms with Crippen LogP contribution in [0, 0.1) is 5.82 Å². The van der Waals surface area contributed by atoms with Crippen LogP contribution < -0.4 is 0 Å². The van der Waals surface area contributed by atoms with Crippen molar-refractivity contribution in [3.8, 4) is 0 Å². The number of alkyl halides is 1. The molecule has 0 unspecified atom stereocenters. The summed E-state index contributed by atoms with van der Waals surface area (Å²) in [5, 5.41) is 0. The first-order chi connectivity index (χ1) is 7.08. The van der Waals surface area contributed by atoms with E-state index in [2.05, 4.69) is 20.7 Å². The zero-order valence-corrected chi connectivity index (χ0v) is 10.4. The minimum absolute atomic E-state index is 0.0265. The van der Waals surface area contributed by atoms with Gasteiger partial charge in [0.15, 0.2) is 0 Å². The van der Waals surface area contributed by atoms with Crippen LogP contribution in [0.1, 0.15) is 11.1 Å². The third kappa shape index (κ3) is 3.18. The number of carbonyl (C=O) groups excluding carboxylic acids is 1. The van der Waals surface area contributed by atoms with Gasteiger partial charge >= 0.3 is 5.97 Å². The molecule has 0 amide bonds. The fourth-order valence-corrected chi connectivity index (χ4v) is 2.04. The van der Waals surface area contributed by atoms with Crippen molar-refractivity contribution >= 4 is 33.5 Å². The second kappa shape index (κ2) is 5.47. The van der Waals surface area contributed by atoms with Crippen molar-refractivity contribution in [2.24, 2.45) is 0 Å². The molecule has 0 spiro atoms. The monoisotopic (exact) mass is 294 g/mol. The maximum absolute atomic E-state index is 13.1. The Balaban J connectivity index is 3.06. The Hall–Kier alpha value is -0.610. The molecular formula is C10H9BrClFO2. The van der Waals surface area contributed by atoms with E-state index in [0.29, 0.717) is 15.6 Å². The summed E-state index contributed by atoms with van der Waals surface area (Å²) in [7, 11) is 1.29. The number of methoxy groups -OCH3 is 1. The fraction of sp³-hybridized carbons (Fsp3) is 0.300. The standard InChI is InChI=1S/C10H9BrClFO2/c1-15-9(14)4-6-2-8(13)3-7(5-12)10(6)11/h2-3H,4-5H2,1H3. The van der Waals surface area contributed by atoms with E-state index < -0.39 is 11.8 Å². The number of esters is 1. The molecule has 0 saturated carbocycles. The molecule has 0 atom stereocenters.